The van der Waals surface area contributed by atoms with Crippen molar-refractivity contribution in [3.63, 3.8) is 0 Å². The lowest BCUT2D eigenvalue weighted by molar-refractivity contribution is 0.196. The minimum Gasteiger partial charge on any atom is -0.315 e. The van der Waals surface area contributed by atoms with Gasteiger partial charge in [-0.05, 0) is 38.8 Å². The van der Waals surface area contributed by atoms with E-state index in [1.54, 1.807) is 0 Å². The first-order valence-corrected chi connectivity index (χ1v) is 7.53. The van der Waals surface area contributed by atoms with E-state index in [1.165, 1.54) is 51.6 Å². The first kappa shape index (κ1) is 15.0. The van der Waals surface area contributed by atoms with Gasteiger partial charge in [0.1, 0.15) is 0 Å². The average Bonchev–Trinajstić information content (AvgIpc) is 2.36. The molecule has 2 heteroatoms. The Morgan fingerprint density at radius 1 is 1.18 bits per heavy atom. The molecule has 0 aliphatic heterocycles. The lowest BCUT2D eigenvalue weighted by Gasteiger charge is -2.33. The predicted octanol–water partition coefficient (Wildman–Crippen LogP) is 3.13. The van der Waals surface area contributed by atoms with Gasteiger partial charge in [-0.15, -0.1) is 0 Å². The number of nitrogens with zero attached hydrogens (tertiary/aromatic N) is 1. The van der Waals surface area contributed by atoms with Crippen LogP contribution in [0.25, 0.3) is 0 Å². The molecule has 0 aromatic rings. The molecule has 0 radical (unpaired) electrons. The first-order chi connectivity index (χ1) is 8.17. The summed E-state index contributed by atoms with van der Waals surface area (Å²) >= 11 is 0. The molecule has 0 spiro atoms. The molecule has 1 aliphatic carbocycles. The van der Waals surface area contributed by atoms with Crippen molar-refractivity contribution in [3.05, 3.63) is 0 Å². The number of likely N-dealkylation sites (N-methyl/N-ethyl adjacent to an activating group) is 2. The molecule has 0 aromatic heterocycles. The zero-order chi connectivity index (χ0) is 12.7. The molecular formula is C15H32N2. The van der Waals surface area contributed by atoms with E-state index >= 15 is 0 Å². The van der Waals surface area contributed by atoms with Crippen molar-refractivity contribution < 1.29 is 0 Å². The second-order valence-corrected chi connectivity index (χ2v) is 6.03. The highest BCUT2D eigenvalue weighted by Crippen LogP contribution is 2.26. The fraction of sp³-hybridized carbons (Fsp3) is 1.00. The van der Waals surface area contributed by atoms with Gasteiger partial charge in [0, 0.05) is 19.1 Å². The molecule has 0 heterocycles. The summed E-state index contributed by atoms with van der Waals surface area (Å²) in [5.41, 5.74) is 0. The quantitative estimate of drug-likeness (QED) is 0.735. The largest absolute Gasteiger partial charge is 0.315 e. The second-order valence-electron chi connectivity index (χ2n) is 6.03. The number of rotatable bonds is 7. The van der Waals surface area contributed by atoms with Crippen LogP contribution >= 0.6 is 0 Å². The molecular weight excluding hydrogens is 208 g/mol. The molecule has 2 nitrogen and oxygen atoms in total. The van der Waals surface area contributed by atoms with E-state index < -0.39 is 0 Å². The van der Waals surface area contributed by atoms with Crippen molar-refractivity contribution in [2.75, 3.05) is 27.2 Å². The van der Waals surface area contributed by atoms with Crippen LogP contribution in [0.3, 0.4) is 0 Å². The van der Waals surface area contributed by atoms with Crippen molar-refractivity contribution in [2.45, 2.75) is 58.4 Å². The van der Waals surface area contributed by atoms with Crippen LogP contribution < -0.4 is 5.32 Å². The molecule has 2 atom stereocenters. The van der Waals surface area contributed by atoms with Gasteiger partial charge in [0.15, 0.2) is 0 Å². The molecule has 1 saturated carbocycles. The summed E-state index contributed by atoms with van der Waals surface area (Å²) < 4.78 is 0. The van der Waals surface area contributed by atoms with Crippen LogP contribution in [0.2, 0.25) is 0 Å². The fourth-order valence-corrected chi connectivity index (χ4v) is 3.08. The highest BCUT2D eigenvalue weighted by molar-refractivity contribution is 4.80. The van der Waals surface area contributed by atoms with E-state index in [2.05, 4.69) is 38.2 Å². The van der Waals surface area contributed by atoms with Gasteiger partial charge in [0.2, 0.25) is 0 Å². The Kier molecular flexibility index (Phi) is 7.14. The van der Waals surface area contributed by atoms with Crippen molar-refractivity contribution in [1.82, 2.24) is 10.2 Å². The molecule has 1 N–H and O–H groups in total. The molecule has 0 saturated heterocycles. The van der Waals surface area contributed by atoms with Crippen molar-refractivity contribution in [2.24, 2.45) is 11.8 Å². The van der Waals surface area contributed by atoms with E-state index in [4.69, 9.17) is 0 Å². The van der Waals surface area contributed by atoms with Gasteiger partial charge < -0.3 is 10.2 Å². The van der Waals surface area contributed by atoms with Gasteiger partial charge in [-0.2, -0.15) is 0 Å². The normalized spacial score (nSPS) is 21.7. The van der Waals surface area contributed by atoms with Gasteiger partial charge in [-0.25, -0.2) is 0 Å². The minimum atomic E-state index is 0.698. The van der Waals surface area contributed by atoms with Gasteiger partial charge >= 0.3 is 0 Å². The van der Waals surface area contributed by atoms with E-state index in [0.717, 1.165) is 11.8 Å². The van der Waals surface area contributed by atoms with Crippen LogP contribution in [0, 0.1) is 11.8 Å². The van der Waals surface area contributed by atoms with Crippen LogP contribution in [0.15, 0.2) is 0 Å². The maximum atomic E-state index is 3.55. The molecule has 1 rings (SSSR count). The van der Waals surface area contributed by atoms with Crippen LogP contribution in [0.5, 0.6) is 0 Å². The maximum Gasteiger partial charge on any atom is 0.0220 e. The van der Waals surface area contributed by atoms with Gasteiger partial charge in [-0.3, -0.25) is 0 Å². The number of hydrogen-bond donors (Lipinski definition) is 1. The minimum absolute atomic E-state index is 0.698. The molecule has 0 bridgehead atoms. The zero-order valence-corrected chi connectivity index (χ0v) is 12.3. The van der Waals surface area contributed by atoms with Crippen molar-refractivity contribution >= 4 is 0 Å². The summed E-state index contributed by atoms with van der Waals surface area (Å²) in [7, 11) is 4.41. The topological polar surface area (TPSA) is 15.3 Å². The monoisotopic (exact) mass is 240 g/mol. The molecule has 0 amide bonds. The van der Waals surface area contributed by atoms with Crippen LogP contribution in [-0.2, 0) is 0 Å². The molecule has 17 heavy (non-hydrogen) atoms. The Balaban J connectivity index is 2.34. The molecule has 2 unspecified atom stereocenters. The first-order valence-electron chi connectivity index (χ1n) is 7.53. The Morgan fingerprint density at radius 2 is 1.82 bits per heavy atom. The second kappa shape index (κ2) is 8.10. The third-order valence-corrected chi connectivity index (χ3v) is 4.42. The Bertz CT molecular complexity index is 187. The van der Waals surface area contributed by atoms with Crippen molar-refractivity contribution in [1.29, 1.82) is 0 Å². The van der Waals surface area contributed by atoms with E-state index in [1.807, 2.05) is 0 Å². The Morgan fingerprint density at radius 3 is 2.35 bits per heavy atom. The summed E-state index contributed by atoms with van der Waals surface area (Å²) in [6.07, 6.45) is 8.49. The molecule has 1 aliphatic rings. The standard InChI is InChI=1S/C15H32N2/c1-5-13(2)11-17(4)12-15(16-3)14-9-7-6-8-10-14/h13-16H,5-12H2,1-4H3. The predicted molar refractivity (Wildman–Crippen MR) is 76.4 cm³/mol. The lowest BCUT2D eigenvalue weighted by Crippen LogP contribution is -2.44. The van der Waals surface area contributed by atoms with E-state index in [9.17, 15) is 0 Å². The summed E-state index contributed by atoms with van der Waals surface area (Å²) in [5, 5.41) is 3.55. The van der Waals surface area contributed by atoms with Gasteiger partial charge in [0.05, 0.1) is 0 Å². The third-order valence-electron chi connectivity index (χ3n) is 4.42. The Hall–Kier alpha value is -0.0800. The summed E-state index contributed by atoms with van der Waals surface area (Å²) in [6, 6.07) is 0.698. The van der Waals surface area contributed by atoms with Crippen molar-refractivity contribution in [3.8, 4) is 0 Å². The smallest absolute Gasteiger partial charge is 0.0220 e. The SMILES string of the molecule is CCC(C)CN(C)CC(NC)C1CCCCC1. The maximum absolute atomic E-state index is 3.55. The zero-order valence-electron chi connectivity index (χ0n) is 12.3. The fourth-order valence-electron chi connectivity index (χ4n) is 3.08. The van der Waals surface area contributed by atoms with Crippen LogP contribution in [-0.4, -0.2) is 38.1 Å². The lowest BCUT2D eigenvalue weighted by atomic mass is 9.83. The summed E-state index contributed by atoms with van der Waals surface area (Å²) in [6.45, 7) is 7.09. The summed E-state index contributed by atoms with van der Waals surface area (Å²) in [5.74, 6) is 1.73. The number of hydrogen-bond acceptors (Lipinski definition) is 2. The van der Waals surface area contributed by atoms with Gasteiger partial charge in [-0.1, -0.05) is 39.5 Å². The van der Waals surface area contributed by atoms with E-state index in [-0.39, 0.29) is 0 Å². The molecule has 1 fully saturated rings. The third kappa shape index (κ3) is 5.39. The molecule has 0 aromatic carbocycles. The van der Waals surface area contributed by atoms with Crippen LogP contribution in [0.1, 0.15) is 52.4 Å². The van der Waals surface area contributed by atoms with E-state index in [0.29, 0.717) is 6.04 Å². The highest BCUT2D eigenvalue weighted by Gasteiger charge is 2.23. The molecule has 102 valence electrons. The summed E-state index contributed by atoms with van der Waals surface area (Å²) in [4.78, 5) is 2.52. The average molecular weight is 240 g/mol. The van der Waals surface area contributed by atoms with Gasteiger partial charge in [0.25, 0.3) is 0 Å². The van der Waals surface area contributed by atoms with Crippen LogP contribution in [0.4, 0.5) is 0 Å². The highest BCUT2D eigenvalue weighted by atomic mass is 15.1. The number of nitrogens with one attached hydrogen (secondary N) is 1. The Labute approximate surface area is 108 Å².